The number of piperidine rings is 1. The number of furan rings is 1. The van der Waals surface area contributed by atoms with Crippen LogP contribution in [-0.2, 0) is 4.79 Å². The zero-order chi connectivity index (χ0) is 17.9. The summed E-state index contributed by atoms with van der Waals surface area (Å²) >= 11 is 0. The minimum atomic E-state index is 0.160. The molecule has 1 amide bonds. The molecule has 0 bridgehead atoms. The molecule has 1 unspecified atom stereocenters. The van der Waals surface area contributed by atoms with Crippen LogP contribution in [-0.4, -0.2) is 72.2 Å². The molecule has 0 N–H and O–H groups in total. The highest BCUT2D eigenvalue weighted by Crippen LogP contribution is 2.21. The molecule has 4 rings (SSSR count). The van der Waals surface area contributed by atoms with Crippen molar-refractivity contribution in [2.24, 2.45) is 5.92 Å². The minimum absolute atomic E-state index is 0.160. The molecule has 7 nitrogen and oxygen atoms in total. The van der Waals surface area contributed by atoms with Crippen LogP contribution in [0, 0.1) is 5.92 Å². The minimum Gasteiger partial charge on any atom is -0.463 e. The van der Waals surface area contributed by atoms with Crippen molar-refractivity contribution < 1.29 is 9.21 Å². The van der Waals surface area contributed by atoms with Gasteiger partial charge >= 0.3 is 0 Å². The average Bonchev–Trinajstić information content (AvgIpc) is 3.23. The van der Waals surface area contributed by atoms with Gasteiger partial charge in [0.2, 0.25) is 5.91 Å². The number of carbonyl (C=O) groups excluding carboxylic acids is 1. The Morgan fingerprint density at radius 1 is 1.12 bits per heavy atom. The largest absolute Gasteiger partial charge is 0.463 e. The lowest BCUT2D eigenvalue weighted by Gasteiger charge is -2.38. The summed E-state index contributed by atoms with van der Waals surface area (Å²) in [5.41, 5.74) is 0.731. The normalized spacial score (nSPS) is 21.8. The zero-order valence-electron chi connectivity index (χ0n) is 15.2. The summed E-state index contributed by atoms with van der Waals surface area (Å²) in [5.74, 6) is 2.05. The highest BCUT2D eigenvalue weighted by molar-refractivity contribution is 5.79. The maximum Gasteiger partial charge on any atom is 0.227 e. The van der Waals surface area contributed by atoms with Gasteiger partial charge in [0.1, 0.15) is 5.69 Å². The van der Waals surface area contributed by atoms with Crippen LogP contribution in [0.4, 0.5) is 5.82 Å². The Hall–Kier alpha value is -2.41. The number of amides is 1. The summed E-state index contributed by atoms with van der Waals surface area (Å²) in [6.07, 6.45) is 3.76. The molecular weight excluding hydrogens is 330 g/mol. The first kappa shape index (κ1) is 17.0. The molecule has 138 valence electrons. The lowest BCUT2D eigenvalue weighted by molar-refractivity contribution is -0.137. The Bertz CT molecular complexity index is 723. The first-order valence-corrected chi connectivity index (χ1v) is 9.30. The highest BCUT2D eigenvalue weighted by Gasteiger charge is 2.30. The van der Waals surface area contributed by atoms with Gasteiger partial charge in [0.25, 0.3) is 0 Å². The van der Waals surface area contributed by atoms with E-state index in [0.29, 0.717) is 5.91 Å². The molecule has 2 aliphatic rings. The van der Waals surface area contributed by atoms with Crippen LogP contribution in [0.2, 0.25) is 0 Å². The fourth-order valence-electron chi connectivity index (χ4n) is 3.83. The van der Waals surface area contributed by atoms with Crippen LogP contribution < -0.4 is 4.90 Å². The third kappa shape index (κ3) is 3.58. The van der Waals surface area contributed by atoms with E-state index >= 15 is 0 Å². The van der Waals surface area contributed by atoms with Gasteiger partial charge in [-0.3, -0.25) is 4.79 Å². The molecule has 2 aromatic rings. The average molecular weight is 355 g/mol. The van der Waals surface area contributed by atoms with Crippen LogP contribution in [0.3, 0.4) is 0 Å². The van der Waals surface area contributed by atoms with Crippen molar-refractivity contribution >= 4 is 11.7 Å². The van der Waals surface area contributed by atoms with Crippen molar-refractivity contribution in [3.05, 3.63) is 30.5 Å². The van der Waals surface area contributed by atoms with E-state index < -0.39 is 0 Å². The molecule has 0 spiro atoms. The predicted molar refractivity (Wildman–Crippen MR) is 98.7 cm³/mol. The number of likely N-dealkylation sites (tertiary alicyclic amines) is 1. The number of aromatic nitrogens is 2. The summed E-state index contributed by atoms with van der Waals surface area (Å²) in [4.78, 5) is 19.2. The SMILES string of the molecule is CN1CCCC(C(=O)N2CCN(c3ccc(-c4ccco4)nn3)CC2)C1. The Labute approximate surface area is 153 Å². The van der Waals surface area contributed by atoms with E-state index in [4.69, 9.17) is 4.42 Å². The third-order valence-corrected chi connectivity index (χ3v) is 5.31. The van der Waals surface area contributed by atoms with Gasteiger partial charge in [0.05, 0.1) is 12.2 Å². The zero-order valence-corrected chi connectivity index (χ0v) is 15.2. The molecule has 0 aliphatic carbocycles. The first-order chi connectivity index (χ1) is 12.7. The molecular formula is C19H25N5O2. The molecule has 1 atom stereocenters. The monoisotopic (exact) mass is 355 g/mol. The summed E-state index contributed by atoms with van der Waals surface area (Å²) < 4.78 is 5.35. The standard InChI is InChI=1S/C19H25N5O2/c1-22-8-2-4-15(14-22)19(25)24-11-9-23(10-12-24)18-7-6-16(20-21-18)17-5-3-13-26-17/h3,5-7,13,15H,2,4,8-12,14H2,1H3. The van der Waals surface area contributed by atoms with E-state index in [1.165, 1.54) is 0 Å². The van der Waals surface area contributed by atoms with Gasteiger partial charge in [-0.2, -0.15) is 0 Å². The summed E-state index contributed by atoms with van der Waals surface area (Å²) in [5, 5.41) is 8.59. The van der Waals surface area contributed by atoms with Crippen LogP contribution in [0.15, 0.2) is 34.9 Å². The molecule has 7 heteroatoms. The molecule has 2 aliphatic heterocycles. The van der Waals surface area contributed by atoms with Crippen LogP contribution in [0.5, 0.6) is 0 Å². The molecule has 2 saturated heterocycles. The van der Waals surface area contributed by atoms with Gasteiger partial charge in [0, 0.05) is 32.7 Å². The van der Waals surface area contributed by atoms with E-state index in [1.54, 1.807) is 6.26 Å². The Morgan fingerprint density at radius 3 is 2.62 bits per heavy atom. The quantitative estimate of drug-likeness (QED) is 0.835. The Kier molecular flexibility index (Phi) is 4.88. The van der Waals surface area contributed by atoms with Gasteiger partial charge in [-0.1, -0.05) is 0 Å². The number of carbonyl (C=O) groups is 1. The first-order valence-electron chi connectivity index (χ1n) is 9.30. The Balaban J connectivity index is 1.34. The van der Waals surface area contributed by atoms with E-state index in [9.17, 15) is 4.79 Å². The number of hydrogen-bond donors (Lipinski definition) is 0. The fraction of sp³-hybridized carbons (Fsp3) is 0.526. The molecule has 0 aromatic carbocycles. The van der Waals surface area contributed by atoms with E-state index in [0.717, 1.165) is 69.4 Å². The maximum absolute atomic E-state index is 12.8. The fourth-order valence-corrected chi connectivity index (χ4v) is 3.83. The van der Waals surface area contributed by atoms with Crippen molar-refractivity contribution in [1.29, 1.82) is 0 Å². The van der Waals surface area contributed by atoms with Gasteiger partial charge in [-0.15, -0.1) is 10.2 Å². The molecule has 0 saturated carbocycles. The predicted octanol–water partition coefficient (Wildman–Crippen LogP) is 1.73. The number of anilines is 1. The molecule has 0 radical (unpaired) electrons. The van der Waals surface area contributed by atoms with Gasteiger partial charge in [0.15, 0.2) is 11.6 Å². The Morgan fingerprint density at radius 2 is 1.96 bits per heavy atom. The number of rotatable bonds is 3. The molecule has 2 aromatic heterocycles. The summed E-state index contributed by atoms with van der Waals surface area (Å²) in [6.45, 7) is 5.08. The lowest BCUT2D eigenvalue weighted by atomic mass is 9.96. The second kappa shape index (κ2) is 7.45. The summed E-state index contributed by atoms with van der Waals surface area (Å²) in [6, 6.07) is 7.61. The van der Waals surface area contributed by atoms with Crippen molar-refractivity contribution in [3.63, 3.8) is 0 Å². The molecule has 2 fully saturated rings. The number of hydrogen-bond acceptors (Lipinski definition) is 6. The molecule has 26 heavy (non-hydrogen) atoms. The smallest absolute Gasteiger partial charge is 0.227 e. The highest BCUT2D eigenvalue weighted by atomic mass is 16.3. The van der Waals surface area contributed by atoms with Gasteiger partial charge in [-0.25, -0.2) is 0 Å². The van der Waals surface area contributed by atoms with Crippen LogP contribution in [0.25, 0.3) is 11.5 Å². The van der Waals surface area contributed by atoms with Gasteiger partial charge in [-0.05, 0) is 50.7 Å². The number of piperazine rings is 1. The lowest BCUT2D eigenvalue weighted by Crippen LogP contribution is -2.52. The second-order valence-electron chi connectivity index (χ2n) is 7.17. The van der Waals surface area contributed by atoms with Gasteiger partial charge < -0.3 is 19.1 Å². The van der Waals surface area contributed by atoms with Crippen molar-refractivity contribution in [2.45, 2.75) is 12.8 Å². The van der Waals surface area contributed by atoms with Crippen molar-refractivity contribution in [3.8, 4) is 11.5 Å². The number of nitrogens with zero attached hydrogens (tertiary/aromatic N) is 5. The van der Waals surface area contributed by atoms with Crippen LogP contribution >= 0.6 is 0 Å². The molecule has 4 heterocycles. The second-order valence-corrected chi connectivity index (χ2v) is 7.17. The van der Waals surface area contributed by atoms with Crippen LogP contribution in [0.1, 0.15) is 12.8 Å². The van der Waals surface area contributed by atoms with E-state index in [-0.39, 0.29) is 5.92 Å². The van der Waals surface area contributed by atoms with Crippen molar-refractivity contribution in [1.82, 2.24) is 20.0 Å². The summed E-state index contributed by atoms with van der Waals surface area (Å²) in [7, 11) is 2.10. The third-order valence-electron chi connectivity index (χ3n) is 5.31. The van der Waals surface area contributed by atoms with E-state index in [2.05, 4.69) is 27.0 Å². The van der Waals surface area contributed by atoms with Crippen molar-refractivity contribution in [2.75, 3.05) is 51.2 Å². The van der Waals surface area contributed by atoms with E-state index in [1.807, 2.05) is 29.2 Å². The maximum atomic E-state index is 12.8. The topological polar surface area (TPSA) is 65.7 Å².